The third-order valence-electron chi connectivity index (χ3n) is 4.33. The summed E-state index contributed by atoms with van der Waals surface area (Å²) in [4.78, 5) is 4.52. The molecular formula is C27H29N3O. The standard InChI is InChI=1S/C23H17N3O.2C2H6/c1-2-4-18-16-26(22-5-3-14-25-23(18)22)19-8-12-21(13-9-19)27-20-10-6-17(15-24)7-11-20;2*1-2/h2-3,5-14,16H,1,4H2;2*1-2H3. The van der Waals surface area contributed by atoms with Crippen LogP contribution < -0.4 is 4.74 Å². The van der Waals surface area contributed by atoms with Gasteiger partial charge in [0.25, 0.3) is 0 Å². The maximum Gasteiger partial charge on any atom is 0.127 e. The van der Waals surface area contributed by atoms with Gasteiger partial charge in [0, 0.05) is 23.6 Å². The van der Waals surface area contributed by atoms with E-state index in [0.717, 1.165) is 34.5 Å². The molecule has 0 saturated carbocycles. The summed E-state index contributed by atoms with van der Waals surface area (Å²) in [5.74, 6) is 1.44. The topological polar surface area (TPSA) is 50.8 Å². The van der Waals surface area contributed by atoms with Gasteiger partial charge in [-0.1, -0.05) is 33.8 Å². The first-order valence-corrected chi connectivity index (χ1v) is 10.6. The van der Waals surface area contributed by atoms with Crippen molar-refractivity contribution in [3.05, 3.63) is 96.8 Å². The fourth-order valence-electron chi connectivity index (χ4n) is 3.05. The van der Waals surface area contributed by atoms with Crippen LogP contribution in [0.2, 0.25) is 0 Å². The minimum Gasteiger partial charge on any atom is -0.457 e. The number of pyridine rings is 1. The molecule has 0 unspecified atom stereocenters. The maximum absolute atomic E-state index is 8.86. The van der Waals surface area contributed by atoms with Gasteiger partial charge in [-0.3, -0.25) is 4.98 Å². The lowest BCUT2D eigenvalue weighted by Crippen LogP contribution is -1.92. The van der Waals surface area contributed by atoms with E-state index in [1.807, 2.05) is 70.3 Å². The molecule has 0 atom stereocenters. The Labute approximate surface area is 185 Å². The largest absolute Gasteiger partial charge is 0.457 e. The van der Waals surface area contributed by atoms with Crippen LogP contribution in [0.5, 0.6) is 11.5 Å². The monoisotopic (exact) mass is 411 g/mol. The van der Waals surface area contributed by atoms with Gasteiger partial charge < -0.3 is 9.30 Å². The molecule has 31 heavy (non-hydrogen) atoms. The minimum atomic E-state index is 0.612. The maximum atomic E-state index is 8.86. The molecule has 4 rings (SSSR count). The van der Waals surface area contributed by atoms with Gasteiger partial charge in [0.15, 0.2) is 0 Å². The van der Waals surface area contributed by atoms with Crippen molar-refractivity contribution in [2.75, 3.05) is 0 Å². The van der Waals surface area contributed by atoms with E-state index in [4.69, 9.17) is 10.00 Å². The zero-order valence-electron chi connectivity index (χ0n) is 18.7. The molecule has 0 saturated heterocycles. The van der Waals surface area contributed by atoms with Gasteiger partial charge in [0.05, 0.1) is 22.7 Å². The van der Waals surface area contributed by atoms with Gasteiger partial charge in [-0.25, -0.2) is 0 Å². The molecule has 0 amide bonds. The highest BCUT2D eigenvalue weighted by atomic mass is 16.5. The van der Waals surface area contributed by atoms with E-state index in [9.17, 15) is 0 Å². The molecule has 0 aliphatic rings. The first kappa shape index (κ1) is 23.4. The average Bonchev–Trinajstić information content (AvgIpc) is 3.21. The van der Waals surface area contributed by atoms with Crippen molar-refractivity contribution in [2.45, 2.75) is 34.1 Å². The highest BCUT2D eigenvalue weighted by molar-refractivity contribution is 5.81. The van der Waals surface area contributed by atoms with Crippen LogP contribution in [0.1, 0.15) is 38.8 Å². The van der Waals surface area contributed by atoms with E-state index in [0.29, 0.717) is 11.3 Å². The van der Waals surface area contributed by atoms with Crippen LogP contribution in [0.25, 0.3) is 16.7 Å². The van der Waals surface area contributed by atoms with Crippen LogP contribution in [0, 0.1) is 11.3 Å². The fourth-order valence-corrected chi connectivity index (χ4v) is 3.05. The Kier molecular flexibility index (Phi) is 9.07. The van der Waals surface area contributed by atoms with Crippen LogP contribution in [-0.4, -0.2) is 9.55 Å². The minimum absolute atomic E-state index is 0.612. The Balaban J connectivity index is 0.000000807. The van der Waals surface area contributed by atoms with Gasteiger partial charge in [-0.05, 0) is 67.1 Å². The molecule has 0 aliphatic heterocycles. The highest BCUT2D eigenvalue weighted by Crippen LogP contribution is 2.27. The lowest BCUT2D eigenvalue weighted by molar-refractivity contribution is 0.482. The quantitative estimate of drug-likeness (QED) is 0.320. The molecule has 0 spiro atoms. The lowest BCUT2D eigenvalue weighted by Gasteiger charge is -2.08. The summed E-state index contributed by atoms with van der Waals surface area (Å²) in [5.41, 5.74) is 4.86. The van der Waals surface area contributed by atoms with Crippen LogP contribution in [0.3, 0.4) is 0 Å². The predicted molar refractivity (Wildman–Crippen MR) is 129 cm³/mol. The molecule has 0 fully saturated rings. The van der Waals surface area contributed by atoms with Crippen molar-refractivity contribution in [3.63, 3.8) is 0 Å². The van der Waals surface area contributed by atoms with Crippen molar-refractivity contribution in [3.8, 4) is 23.3 Å². The van der Waals surface area contributed by atoms with Gasteiger partial charge in [-0.2, -0.15) is 5.26 Å². The summed E-state index contributed by atoms with van der Waals surface area (Å²) in [6, 6.07) is 21.1. The van der Waals surface area contributed by atoms with E-state index in [2.05, 4.69) is 34.5 Å². The number of allylic oxidation sites excluding steroid dienone is 1. The average molecular weight is 412 g/mol. The number of hydrogen-bond donors (Lipinski definition) is 0. The summed E-state index contributed by atoms with van der Waals surface area (Å²) in [6.45, 7) is 11.8. The zero-order chi connectivity index (χ0) is 22.6. The van der Waals surface area contributed by atoms with Gasteiger partial charge in [-0.15, -0.1) is 6.58 Å². The Morgan fingerprint density at radius 2 is 1.58 bits per heavy atom. The van der Waals surface area contributed by atoms with Gasteiger partial charge in [0.1, 0.15) is 11.5 Å². The van der Waals surface area contributed by atoms with Crippen LogP contribution in [-0.2, 0) is 6.42 Å². The second-order valence-corrected chi connectivity index (χ2v) is 6.12. The van der Waals surface area contributed by atoms with E-state index in [1.54, 1.807) is 24.3 Å². The molecule has 2 aromatic carbocycles. The number of benzene rings is 2. The van der Waals surface area contributed by atoms with Gasteiger partial charge >= 0.3 is 0 Å². The fraction of sp³-hybridized carbons (Fsp3) is 0.185. The number of ether oxygens (including phenoxy) is 1. The van der Waals surface area contributed by atoms with E-state index in [-0.39, 0.29) is 0 Å². The molecule has 4 aromatic rings. The van der Waals surface area contributed by atoms with Crippen LogP contribution in [0.4, 0.5) is 0 Å². The van der Waals surface area contributed by atoms with Crippen molar-refractivity contribution in [2.24, 2.45) is 0 Å². The number of aromatic nitrogens is 2. The van der Waals surface area contributed by atoms with E-state index in [1.165, 1.54) is 0 Å². The molecule has 0 bridgehead atoms. The summed E-state index contributed by atoms with van der Waals surface area (Å²) < 4.78 is 7.99. The zero-order valence-corrected chi connectivity index (χ0v) is 18.7. The molecular weight excluding hydrogens is 382 g/mol. The molecule has 4 heteroatoms. The number of nitrogens with zero attached hydrogens (tertiary/aromatic N) is 3. The first-order valence-electron chi connectivity index (χ1n) is 10.6. The number of rotatable bonds is 5. The van der Waals surface area contributed by atoms with E-state index < -0.39 is 0 Å². The Bertz CT molecular complexity index is 1130. The summed E-state index contributed by atoms with van der Waals surface area (Å²) in [6.07, 6.45) is 6.59. The van der Waals surface area contributed by atoms with Crippen LogP contribution >= 0.6 is 0 Å². The van der Waals surface area contributed by atoms with Crippen LogP contribution in [0.15, 0.2) is 85.7 Å². The Morgan fingerprint density at radius 3 is 2.16 bits per heavy atom. The van der Waals surface area contributed by atoms with Gasteiger partial charge in [0.2, 0.25) is 0 Å². The second kappa shape index (κ2) is 12.0. The molecule has 4 nitrogen and oxygen atoms in total. The second-order valence-electron chi connectivity index (χ2n) is 6.12. The van der Waals surface area contributed by atoms with E-state index >= 15 is 0 Å². The van der Waals surface area contributed by atoms with Crippen molar-refractivity contribution in [1.82, 2.24) is 9.55 Å². The summed E-state index contributed by atoms with van der Waals surface area (Å²) in [7, 11) is 0. The third-order valence-corrected chi connectivity index (χ3v) is 4.33. The molecule has 158 valence electrons. The molecule has 2 aromatic heterocycles. The summed E-state index contributed by atoms with van der Waals surface area (Å²) >= 11 is 0. The first-order chi connectivity index (χ1) is 15.3. The highest BCUT2D eigenvalue weighted by Gasteiger charge is 2.10. The summed E-state index contributed by atoms with van der Waals surface area (Å²) in [5, 5.41) is 8.86. The Hall–Kier alpha value is -3.84. The number of hydrogen-bond acceptors (Lipinski definition) is 3. The van der Waals surface area contributed by atoms with Crippen molar-refractivity contribution >= 4 is 11.0 Å². The van der Waals surface area contributed by atoms with Crippen molar-refractivity contribution < 1.29 is 4.74 Å². The Morgan fingerprint density at radius 1 is 0.968 bits per heavy atom. The smallest absolute Gasteiger partial charge is 0.127 e. The number of fused-ring (bicyclic) bond motifs is 1. The van der Waals surface area contributed by atoms with Crippen molar-refractivity contribution in [1.29, 1.82) is 5.26 Å². The molecule has 0 N–H and O–H groups in total. The lowest BCUT2D eigenvalue weighted by atomic mass is 10.2. The SMILES string of the molecule is C=CCc1cn(-c2ccc(Oc3ccc(C#N)cc3)cc2)c2cccnc12.CC.CC. The predicted octanol–water partition coefficient (Wildman–Crippen LogP) is 7.47. The third kappa shape index (κ3) is 5.61. The molecule has 0 radical (unpaired) electrons. The number of nitriles is 1. The normalized spacial score (nSPS) is 9.52. The molecule has 2 heterocycles. The molecule has 0 aliphatic carbocycles.